The van der Waals surface area contributed by atoms with E-state index in [-0.39, 0.29) is 5.91 Å². The van der Waals surface area contributed by atoms with Crippen LogP contribution in [0.15, 0.2) is 18.2 Å². The average Bonchev–Trinajstić information content (AvgIpc) is 2.74. The molecule has 98 valence electrons. The Hall–Kier alpha value is -1.75. The van der Waals surface area contributed by atoms with Gasteiger partial charge in [0.15, 0.2) is 0 Å². The van der Waals surface area contributed by atoms with Gasteiger partial charge in [0.1, 0.15) is 5.75 Å². The number of nitrogens with zero attached hydrogens (tertiary/aromatic N) is 1. The van der Waals surface area contributed by atoms with Crippen LogP contribution in [0.3, 0.4) is 0 Å². The molecule has 0 spiro atoms. The van der Waals surface area contributed by atoms with Crippen LogP contribution in [0.2, 0.25) is 0 Å². The quantitative estimate of drug-likeness (QED) is 0.781. The molecule has 1 heterocycles. The van der Waals surface area contributed by atoms with Crippen molar-refractivity contribution in [2.24, 2.45) is 0 Å². The van der Waals surface area contributed by atoms with E-state index in [2.05, 4.69) is 0 Å². The van der Waals surface area contributed by atoms with Crippen molar-refractivity contribution in [1.82, 2.24) is 4.90 Å². The fourth-order valence-electron chi connectivity index (χ4n) is 2.10. The highest BCUT2D eigenvalue weighted by molar-refractivity contribution is 5.95. The van der Waals surface area contributed by atoms with Crippen LogP contribution in [0, 0.1) is 0 Å². The number of nitrogen functional groups attached to an aromatic ring is 1. The van der Waals surface area contributed by atoms with E-state index in [1.54, 1.807) is 23.1 Å². The van der Waals surface area contributed by atoms with E-state index in [1.807, 2.05) is 6.92 Å². The number of anilines is 1. The smallest absolute Gasteiger partial charge is 0.254 e. The number of hydrogen-bond acceptors (Lipinski definition) is 4. The van der Waals surface area contributed by atoms with Crippen LogP contribution in [-0.2, 0) is 0 Å². The maximum Gasteiger partial charge on any atom is 0.254 e. The zero-order chi connectivity index (χ0) is 13.1. The topological polar surface area (TPSA) is 75.8 Å². The van der Waals surface area contributed by atoms with E-state index in [0.717, 1.165) is 0 Å². The zero-order valence-electron chi connectivity index (χ0n) is 10.4. The summed E-state index contributed by atoms with van der Waals surface area (Å²) >= 11 is 0. The number of likely N-dealkylation sites (tertiary alicyclic amines) is 1. The van der Waals surface area contributed by atoms with Crippen molar-refractivity contribution in [2.75, 3.05) is 25.4 Å². The van der Waals surface area contributed by atoms with Crippen LogP contribution in [0.4, 0.5) is 5.69 Å². The van der Waals surface area contributed by atoms with Crippen LogP contribution < -0.4 is 10.5 Å². The summed E-state index contributed by atoms with van der Waals surface area (Å²) in [5, 5.41) is 9.45. The second-order valence-corrected chi connectivity index (χ2v) is 4.42. The molecule has 5 nitrogen and oxygen atoms in total. The fourth-order valence-corrected chi connectivity index (χ4v) is 2.10. The van der Waals surface area contributed by atoms with Gasteiger partial charge in [0, 0.05) is 30.4 Å². The maximum absolute atomic E-state index is 12.2. The summed E-state index contributed by atoms with van der Waals surface area (Å²) in [5.74, 6) is 0.486. The number of hydrogen-bond donors (Lipinski definition) is 2. The Morgan fingerprint density at radius 2 is 2.33 bits per heavy atom. The summed E-state index contributed by atoms with van der Waals surface area (Å²) in [6, 6.07) is 5.02. The van der Waals surface area contributed by atoms with Gasteiger partial charge in [-0.15, -0.1) is 0 Å². The molecule has 18 heavy (non-hydrogen) atoms. The minimum absolute atomic E-state index is 0.111. The Bertz CT molecular complexity index is 448. The summed E-state index contributed by atoms with van der Waals surface area (Å²) in [6.45, 7) is 3.37. The van der Waals surface area contributed by atoms with Crippen molar-refractivity contribution in [3.63, 3.8) is 0 Å². The molecular formula is C13H18N2O3. The van der Waals surface area contributed by atoms with E-state index < -0.39 is 6.10 Å². The second kappa shape index (κ2) is 5.27. The van der Waals surface area contributed by atoms with Crippen LogP contribution in [0.25, 0.3) is 0 Å². The minimum atomic E-state index is -0.415. The van der Waals surface area contributed by atoms with Gasteiger partial charge >= 0.3 is 0 Å². The first-order valence-corrected chi connectivity index (χ1v) is 6.11. The summed E-state index contributed by atoms with van der Waals surface area (Å²) in [5.41, 5.74) is 6.76. The van der Waals surface area contributed by atoms with E-state index in [9.17, 15) is 9.90 Å². The summed E-state index contributed by atoms with van der Waals surface area (Å²) in [7, 11) is 0. The average molecular weight is 250 g/mol. The molecule has 1 saturated heterocycles. The third-order valence-corrected chi connectivity index (χ3v) is 2.94. The van der Waals surface area contributed by atoms with Gasteiger partial charge in [-0.05, 0) is 25.5 Å². The lowest BCUT2D eigenvalue weighted by molar-refractivity contribution is 0.0764. The first-order valence-electron chi connectivity index (χ1n) is 6.11. The molecule has 1 aliphatic heterocycles. The number of ether oxygens (including phenoxy) is 1. The predicted molar refractivity (Wildman–Crippen MR) is 68.6 cm³/mol. The van der Waals surface area contributed by atoms with E-state index in [1.165, 1.54) is 0 Å². The molecule has 1 amide bonds. The highest BCUT2D eigenvalue weighted by Crippen LogP contribution is 2.21. The fraction of sp³-hybridized carbons (Fsp3) is 0.462. The van der Waals surface area contributed by atoms with Gasteiger partial charge in [-0.25, -0.2) is 0 Å². The molecule has 1 aromatic rings. The standard InChI is InChI=1S/C13H18N2O3/c1-2-18-12-6-9(5-10(14)7-12)13(17)15-4-3-11(16)8-15/h5-7,11,16H,2-4,8,14H2,1H3. The highest BCUT2D eigenvalue weighted by atomic mass is 16.5. The first-order chi connectivity index (χ1) is 8.60. The van der Waals surface area contributed by atoms with Gasteiger partial charge in [0.05, 0.1) is 12.7 Å². The van der Waals surface area contributed by atoms with Gasteiger partial charge in [-0.1, -0.05) is 0 Å². The minimum Gasteiger partial charge on any atom is -0.494 e. The lowest BCUT2D eigenvalue weighted by Gasteiger charge is -2.16. The second-order valence-electron chi connectivity index (χ2n) is 4.42. The van der Waals surface area contributed by atoms with E-state index >= 15 is 0 Å². The van der Waals surface area contributed by atoms with Gasteiger partial charge < -0.3 is 20.5 Å². The van der Waals surface area contributed by atoms with Crippen LogP contribution >= 0.6 is 0 Å². The third-order valence-electron chi connectivity index (χ3n) is 2.94. The van der Waals surface area contributed by atoms with Gasteiger partial charge in [-0.3, -0.25) is 4.79 Å². The number of aliphatic hydroxyl groups excluding tert-OH is 1. The molecule has 0 aromatic heterocycles. The number of carbonyl (C=O) groups is 1. The molecule has 0 radical (unpaired) electrons. The van der Waals surface area contributed by atoms with Crippen LogP contribution in [0.1, 0.15) is 23.7 Å². The molecule has 0 saturated carbocycles. The van der Waals surface area contributed by atoms with Crippen molar-refractivity contribution in [3.05, 3.63) is 23.8 Å². The highest BCUT2D eigenvalue weighted by Gasteiger charge is 2.25. The summed E-state index contributed by atoms with van der Waals surface area (Å²) in [4.78, 5) is 13.8. The van der Waals surface area contributed by atoms with Crippen molar-refractivity contribution in [3.8, 4) is 5.75 Å². The van der Waals surface area contributed by atoms with Crippen LogP contribution in [-0.4, -0.2) is 41.7 Å². The molecule has 1 aromatic carbocycles. The number of nitrogens with two attached hydrogens (primary N) is 1. The Labute approximate surface area is 106 Å². The number of rotatable bonds is 3. The molecule has 0 bridgehead atoms. The molecule has 3 N–H and O–H groups in total. The van der Waals surface area contributed by atoms with E-state index in [0.29, 0.717) is 43.1 Å². The predicted octanol–water partition coefficient (Wildman–Crippen LogP) is 0.874. The van der Waals surface area contributed by atoms with Gasteiger partial charge in [-0.2, -0.15) is 0 Å². The van der Waals surface area contributed by atoms with E-state index in [4.69, 9.17) is 10.5 Å². The summed E-state index contributed by atoms with van der Waals surface area (Å²) in [6.07, 6.45) is 0.216. The molecule has 2 rings (SSSR count). The van der Waals surface area contributed by atoms with Crippen molar-refractivity contribution in [2.45, 2.75) is 19.4 Å². The number of carbonyl (C=O) groups excluding carboxylic acids is 1. The normalized spacial score (nSPS) is 19.0. The van der Waals surface area contributed by atoms with Crippen molar-refractivity contribution in [1.29, 1.82) is 0 Å². The zero-order valence-corrected chi connectivity index (χ0v) is 10.4. The number of aliphatic hydroxyl groups is 1. The van der Waals surface area contributed by atoms with Gasteiger partial charge in [0.2, 0.25) is 0 Å². The molecular weight excluding hydrogens is 232 g/mol. The van der Waals surface area contributed by atoms with Crippen molar-refractivity contribution < 1.29 is 14.6 Å². The summed E-state index contributed by atoms with van der Waals surface area (Å²) < 4.78 is 5.36. The number of amides is 1. The lowest BCUT2D eigenvalue weighted by atomic mass is 10.1. The molecule has 1 atom stereocenters. The first kappa shape index (κ1) is 12.7. The Morgan fingerprint density at radius 3 is 2.94 bits per heavy atom. The third kappa shape index (κ3) is 2.73. The molecule has 5 heteroatoms. The van der Waals surface area contributed by atoms with Gasteiger partial charge in [0.25, 0.3) is 5.91 Å². The SMILES string of the molecule is CCOc1cc(N)cc(C(=O)N2CCC(O)C2)c1. The number of benzene rings is 1. The monoisotopic (exact) mass is 250 g/mol. The molecule has 0 aliphatic carbocycles. The number of β-amino-alcohol motifs (C(OH)–C–C–N with tert-alkyl or cyclic N) is 1. The largest absolute Gasteiger partial charge is 0.494 e. The Balaban J connectivity index is 2.19. The Morgan fingerprint density at radius 1 is 1.56 bits per heavy atom. The lowest BCUT2D eigenvalue weighted by Crippen LogP contribution is -2.29. The molecule has 1 fully saturated rings. The van der Waals surface area contributed by atoms with Crippen molar-refractivity contribution >= 4 is 11.6 Å². The Kier molecular flexibility index (Phi) is 3.72. The van der Waals surface area contributed by atoms with Crippen LogP contribution in [0.5, 0.6) is 5.75 Å². The maximum atomic E-state index is 12.2. The molecule has 1 unspecified atom stereocenters. The molecule has 1 aliphatic rings.